The van der Waals surface area contributed by atoms with Gasteiger partial charge in [-0.3, -0.25) is 10.1 Å². The zero-order chi connectivity index (χ0) is 21.2. The van der Waals surface area contributed by atoms with E-state index in [0.29, 0.717) is 10.9 Å². The number of hydrogen-bond acceptors (Lipinski definition) is 4. The number of amides is 1. The summed E-state index contributed by atoms with van der Waals surface area (Å²) in [6.45, 7) is 10.1. The van der Waals surface area contributed by atoms with Crippen LogP contribution in [0.15, 0.2) is 48.5 Å². The lowest BCUT2D eigenvalue weighted by Gasteiger charge is -2.20. The van der Waals surface area contributed by atoms with Gasteiger partial charge in [0, 0.05) is 10.4 Å². The second-order valence-corrected chi connectivity index (χ2v) is 9.16. The Hall–Kier alpha value is -2.73. The fourth-order valence-electron chi connectivity index (χ4n) is 2.82. The Labute approximate surface area is 174 Å². The first-order chi connectivity index (χ1) is 13.6. The second kappa shape index (κ2) is 8.33. The van der Waals surface area contributed by atoms with Gasteiger partial charge in [-0.25, -0.2) is 9.37 Å². The maximum Gasteiger partial charge on any atom is 0.266 e. The number of benzene rings is 2. The summed E-state index contributed by atoms with van der Waals surface area (Å²) in [7, 11) is 0. The second-order valence-electron chi connectivity index (χ2n) is 7.95. The molecule has 2 aromatic carbocycles. The Bertz CT molecular complexity index is 989. The topological polar surface area (TPSA) is 51.2 Å². The van der Waals surface area contributed by atoms with Gasteiger partial charge in [0.2, 0.25) is 0 Å². The van der Waals surface area contributed by atoms with Crippen molar-refractivity contribution in [1.82, 2.24) is 4.98 Å². The zero-order valence-electron chi connectivity index (χ0n) is 17.2. The third kappa shape index (κ3) is 5.21. The molecule has 1 heterocycles. The molecule has 1 amide bonds. The lowest BCUT2D eigenvalue weighted by molar-refractivity contribution is -0.122. The summed E-state index contributed by atoms with van der Waals surface area (Å²) in [5.41, 5.74) is 2.81. The Morgan fingerprint density at radius 3 is 2.31 bits per heavy atom. The number of carbonyl (C=O) groups excluding carboxylic acids is 1. The Balaban J connectivity index is 1.65. The molecule has 0 radical (unpaired) electrons. The van der Waals surface area contributed by atoms with E-state index in [2.05, 4.69) is 31.1 Å². The number of aromatic nitrogens is 1. The third-order valence-corrected chi connectivity index (χ3v) is 5.43. The predicted octanol–water partition coefficient (Wildman–Crippen LogP) is 5.96. The molecule has 0 saturated carbocycles. The molecule has 1 aromatic heterocycles. The molecule has 29 heavy (non-hydrogen) atoms. The van der Waals surface area contributed by atoms with Crippen molar-refractivity contribution in [2.24, 2.45) is 0 Å². The molecule has 1 N–H and O–H groups in total. The molecule has 0 saturated heterocycles. The fourth-order valence-corrected chi connectivity index (χ4v) is 3.66. The van der Waals surface area contributed by atoms with Gasteiger partial charge in [-0.2, -0.15) is 0 Å². The molecule has 0 aliphatic rings. The van der Waals surface area contributed by atoms with E-state index in [0.717, 1.165) is 16.1 Å². The van der Waals surface area contributed by atoms with Gasteiger partial charge in [-0.15, -0.1) is 11.3 Å². The number of thiazole rings is 1. The molecule has 0 fully saturated rings. The normalized spacial score (nSPS) is 12.5. The van der Waals surface area contributed by atoms with E-state index >= 15 is 0 Å². The van der Waals surface area contributed by atoms with Crippen LogP contribution in [0, 0.1) is 12.7 Å². The number of nitrogens with zero attached hydrogens (tertiary/aromatic N) is 1. The van der Waals surface area contributed by atoms with Crippen LogP contribution >= 0.6 is 11.3 Å². The molecular formula is C23H25FN2O2S. The first-order valence-electron chi connectivity index (χ1n) is 9.45. The standard InChI is InChI=1S/C23H25FN2O2S/c1-14(28-19-12-8-17(9-13-19)23(3,4)5)21(27)26-22-25-20(15(2)29-22)16-6-10-18(24)11-7-16/h6-14H,1-5H3,(H,25,26,27). The Morgan fingerprint density at radius 1 is 1.10 bits per heavy atom. The fraction of sp³-hybridized carbons (Fsp3) is 0.304. The first-order valence-corrected chi connectivity index (χ1v) is 10.3. The molecule has 3 aromatic rings. The highest BCUT2D eigenvalue weighted by molar-refractivity contribution is 7.16. The molecule has 0 aliphatic carbocycles. The van der Waals surface area contributed by atoms with Crippen LogP contribution in [-0.4, -0.2) is 17.0 Å². The third-order valence-electron chi connectivity index (χ3n) is 4.55. The molecule has 4 nitrogen and oxygen atoms in total. The lowest BCUT2D eigenvalue weighted by Crippen LogP contribution is -2.30. The summed E-state index contributed by atoms with van der Waals surface area (Å²) in [6.07, 6.45) is -0.672. The number of anilines is 1. The summed E-state index contributed by atoms with van der Waals surface area (Å²) >= 11 is 1.38. The van der Waals surface area contributed by atoms with Crippen LogP contribution in [0.2, 0.25) is 0 Å². The van der Waals surface area contributed by atoms with E-state index in [4.69, 9.17) is 4.74 Å². The quantitative estimate of drug-likeness (QED) is 0.562. The van der Waals surface area contributed by atoms with Crippen LogP contribution in [0.1, 0.15) is 38.1 Å². The van der Waals surface area contributed by atoms with Crippen LogP contribution in [0.5, 0.6) is 5.75 Å². The van der Waals surface area contributed by atoms with E-state index in [1.165, 1.54) is 29.0 Å². The van der Waals surface area contributed by atoms with Crippen molar-refractivity contribution in [3.8, 4) is 17.0 Å². The zero-order valence-corrected chi connectivity index (χ0v) is 18.1. The number of carbonyl (C=O) groups is 1. The van der Waals surface area contributed by atoms with Crippen molar-refractivity contribution < 1.29 is 13.9 Å². The van der Waals surface area contributed by atoms with Crippen molar-refractivity contribution in [3.05, 3.63) is 64.8 Å². The van der Waals surface area contributed by atoms with Crippen LogP contribution in [0.3, 0.4) is 0 Å². The van der Waals surface area contributed by atoms with Crippen molar-refractivity contribution in [2.75, 3.05) is 5.32 Å². The van der Waals surface area contributed by atoms with Crippen molar-refractivity contribution >= 4 is 22.4 Å². The van der Waals surface area contributed by atoms with Crippen LogP contribution in [0.4, 0.5) is 9.52 Å². The van der Waals surface area contributed by atoms with Crippen molar-refractivity contribution in [2.45, 2.75) is 46.1 Å². The summed E-state index contributed by atoms with van der Waals surface area (Å²) in [5, 5.41) is 3.30. The average molecular weight is 413 g/mol. The minimum Gasteiger partial charge on any atom is -0.481 e. The van der Waals surface area contributed by atoms with Gasteiger partial charge in [-0.05, 0) is 61.2 Å². The monoisotopic (exact) mass is 412 g/mol. The van der Waals surface area contributed by atoms with Crippen molar-refractivity contribution in [3.63, 3.8) is 0 Å². The molecular weight excluding hydrogens is 387 g/mol. The molecule has 0 aliphatic heterocycles. The number of halogens is 1. The van der Waals surface area contributed by atoms with Crippen LogP contribution < -0.4 is 10.1 Å². The van der Waals surface area contributed by atoms with E-state index in [-0.39, 0.29) is 17.1 Å². The Morgan fingerprint density at radius 2 is 1.72 bits per heavy atom. The highest BCUT2D eigenvalue weighted by Crippen LogP contribution is 2.30. The lowest BCUT2D eigenvalue weighted by atomic mass is 9.87. The SMILES string of the molecule is Cc1sc(NC(=O)C(C)Oc2ccc(C(C)(C)C)cc2)nc1-c1ccc(F)cc1. The maximum atomic E-state index is 13.1. The average Bonchev–Trinajstić information content (AvgIpc) is 3.02. The number of ether oxygens (including phenoxy) is 1. The van der Waals surface area contributed by atoms with E-state index in [1.54, 1.807) is 19.1 Å². The van der Waals surface area contributed by atoms with Gasteiger partial charge < -0.3 is 4.74 Å². The largest absolute Gasteiger partial charge is 0.481 e. The van der Waals surface area contributed by atoms with Crippen LogP contribution in [-0.2, 0) is 10.2 Å². The van der Waals surface area contributed by atoms with Crippen LogP contribution in [0.25, 0.3) is 11.3 Å². The van der Waals surface area contributed by atoms with Gasteiger partial charge in [0.05, 0.1) is 5.69 Å². The minimum absolute atomic E-state index is 0.0620. The van der Waals surface area contributed by atoms with Gasteiger partial charge >= 0.3 is 0 Å². The predicted molar refractivity (Wildman–Crippen MR) is 116 cm³/mol. The van der Waals surface area contributed by atoms with Gasteiger partial charge in [-0.1, -0.05) is 32.9 Å². The highest BCUT2D eigenvalue weighted by Gasteiger charge is 2.19. The van der Waals surface area contributed by atoms with E-state index in [1.807, 2.05) is 31.2 Å². The molecule has 6 heteroatoms. The number of nitrogens with one attached hydrogen (secondary N) is 1. The summed E-state index contributed by atoms with van der Waals surface area (Å²) in [5.74, 6) is 0.0731. The summed E-state index contributed by atoms with van der Waals surface area (Å²) < 4.78 is 18.9. The Kier molecular flexibility index (Phi) is 6.03. The maximum absolute atomic E-state index is 13.1. The van der Waals surface area contributed by atoms with Crippen molar-refractivity contribution in [1.29, 1.82) is 0 Å². The molecule has 3 rings (SSSR count). The first kappa shape index (κ1) is 21.0. The molecule has 0 bridgehead atoms. The van der Waals surface area contributed by atoms with Gasteiger partial charge in [0.25, 0.3) is 5.91 Å². The molecule has 152 valence electrons. The van der Waals surface area contributed by atoms with E-state index < -0.39 is 6.10 Å². The number of hydrogen-bond donors (Lipinski definition) is 1. The van der Waals surface area contributed by atoms with Gasteiger partial charge in [0.1, 0.15) is 11.6 Å². The minimum atomic E-state index is -0.672. The number of rotatable bonds is 5. The number of aryl methyl sites for hydroxylation is 1. The van der Waals surface area contributed by atoms with E-state index in [9.17, 15) is 9.18 Å². The summed E-state index contributed by atoms with van der Waals surface area (Å²) in [4.78, 5) is 18.0. The highest BCUT2D eigenvalue weighted by atomic mass is 32.1. The smallest absolute Gasteiger partial charge is 0.266 e. The van der Waals surface area contributed by atoms with Gasteiger partial charge in [0.15, 0.2) is 11.2 Å². The molecule has 1 unspecified atom stereocenters. The molecule has 1 atom stereocenters. The molecule has 0 spiro atoms. The summed E-state index contributed by atoms with van der Waals surface area (Å²) in [6, 6.07) is 13.9.